The molecule has 5 aromatic rings. The van der Waals surface area contributed by atoms with Crippen LogP contribution in [0.3, 0.4) is 0 Å². The van der Waals surface area contributed by atoms with Crippen molar-refractivity contribution in [2.45, 2.75) is 0 Å². The molecule has 0 nitrogen and oxygen atoms in total. The van der Waals surface area contributed by atoms with Gasteiger partial charge < -0.3 is 0 Å². The second-order valence-electron chi connectivity index (χ2n) is 6.78. The van der Waals surface area contributed by atoms with Gasteiger partial charge in [0.25, 0.3) is 0 Å². The van der Waals surface area contributed by atoms with Gasteiger partial charge in [-0.25, -0.2) is 0 Å². The lowest BCUT2D eigenvalue weighted by molar-refractivity contribution is 1.66. The predicted octanol–water partition coefficient (Wildman–Crippen LogP) is 6.12. The van der Waals surface area contributed by atoms with E-state index in [0.29, 0.717) is 0 Å². The van der Waals surface area contributed by atoms with Crippen molar-refractivity contribution in [2.24, 2.45) is 0 Å². The lowest BCUT2D eigenvalue weighted by Crippen LogP contribution is -1.99. The molecule has 3 radical (unpaired) electrons. The van der Waals surface area contributed by atoms with Crippen LogP contribution in [-0.4, -0.2) is 10.2 Å². The third-order valence-electron chi connectivity index (χ3n) is 5.17. The van der Waals surface area contributed by atoms with E-state index in [0.717, 1.165) is 5.19 Å². The minimum Gasteiger partial charge on any atom is -0.0673 e. The molecule has 0 saturated heterocycles. The minimum atomic E-state index is 1.09. The Kier molecular flexibility index (Phi) is 3.88. The van der Waals surface area contributed by atoms with Crippen molar-refractivity contribution in [1.29, 1.82) is 0 Å². The molecule has 0 N–H and O–H groups in total. The van der Waals surface area contributed by atoms with Gasteiger partial charge in [0.1, 0.15) is 0 Å². The van der Waals surface area contributed by atoms with Gasteiger partial charge in [-0.05, 0) is 43.8 Å². The van der Waals surface area contributed by atoms with Crippen molar-refractivity contribution < 1.29 is 0 Å². The number of hydrogen-bond acceptors (Lipinski definition) is 0. The van der Waals surface area contributed by atoms with Gasteiger partial charge in [-0.15, -0.1) is 0 Å². The average Bonchev–Trinajstić information content (AvgIpc) is 2.73. The second kappa shape index (κ2) is 6.53. The zero-order valence-electron chi connectivity index (χ0n) is 14.8. The first-order valence-electron chi connectivity index (χ1n) is 9.14. The van der Waals surface area contributed by atoms with Gasteiger partial charge in [-0.3, -0.25) is 0 Å². The van der Waals surface area contributed by atoms with Crippen molar-refractivity contribution in [3.63, 3.8) is 0 Å². The lowest BCUT2D eigenvalue weighted by Gasteiger charge is -2.17. The Morgan fingerprint density at radius 1 is 0.370 bits per heavy atom. The third kappa shape index (κ3) is 2.68. The van der Waals surface area contributed by atoms with E-state index in [1.165, 1.54) is 43.8 Å². The van der Waals surface area contributed by atoms with Crippen molar-refractivity contribution in [3.05, 3.63) is 103 Å². The molecule has 0 atom stereocenters. The summed E-state index contributed by atoms with van der Waals surface area (Å²) in [6, 6.07) is 36.8. The molecule has 0 spiro atoms. The second-order valence-corrected chi connectivity index (χ2v) is 7.36. The fourth-order valence-corrected chi connectivity index (χ4v) is 4.16. The van der Waals surface area contributed by atoms with Crippen LogP contribution in [-0.2, 0) is 0 Å². The molecule has 0 fully saturated rings. The molecule has 0 aliphatic carbocycles. The van der Waals surface area contributed by atoms with Gasteiger partial charge >= 0.3 is 0 Å². The molecule has 0 amide bonds. The molecular formula is C26H17Si. The van der Waals surface area contributed by atoms with Crippen molar-refractivity contribution >= 4 is 37.0 Å². The summed E-state index contributed by atoms with van der Waals surface area (Å²) in [4.78, 5) is 0. The molecule has 125 valence electrons. The Bertz CT molecular complexity index is 1200. The van der Waals surface area contributed by atoms with E-state index in [-0.39, 0.29) is 0 Å². The molecule has 0 bridgehead atoms. The molecule has 0 aromatic heterocycles. The Hall–Kier alpha value is -3.16. The van der Waals surface area contributed by atoms with Gasteiger partial charge in [0.2, 0.25) is 0 Å². The highest BCUT2D eigenvalue weighted by atomic mass is 28.1. The Morgan fingerprint density at radius 3 is 1.19 bits per heavy atom. The molecule has 1 heteroatoms. The third-order valence-corrected chi connectivity index (χ3v) is 5.50. The van der Waals surface area contributed by atoms with E-state index >= 15 is 0 Å². The van der Waals surface area contributed by atoms with Crippen LogP contribution in [0.2, 0.25) is 0 Å². The van der Waals surface area contributed by atoms with E-state index in [4.69, 9.17) is 0 Å². The number of hydrogen-bond donors (Lipinski definition) is 0. The van der Waals surface area contributed by atoms with Gasteiger partial charge in [0.05, 0.1) is 10.2 Å². The van der Waals surface area contributed by atoms with Crippen LogP contribution in [0, 0.1) is 0 Å². The number of fused-ring (bicyclic) bond motifs is 2. The summed E-state index contributed by atoms with van der Waals surface area (Å²) in [5.74, 6) is 0. The minimum absolute atomic E-state index is 1.09. The molecule has 0 heterocycles. The molecule has 0 aliphatic heterocycles. The fraction of sp³-hybridized carbons (Fsp3) is 0. The highest BCUT2D eigenvalue weighted by molar-refractivity contribution is 6.32. The average molecular weight is 358 g/mol. The predicted molar refractivity (Wildman–Crippen MR) is 118 cm³/mol. The normalized spacial score (nSPS) is 11.1. The van der Waals surface area contributed by atoms with Gasteiger partial charge in [-0.1, -0.05) is 108 Å². The fourth-order valence-electron chi connectivity index (χ4n) is 3.99. The topological polar surface area (TPSA) is 0 Å². The van der Waals surface area contributed by atoms with Crippen LogP contribution in [0.1, 0.15) is 0 Å². The maximum Gasteiger partial charge on any atom is 0.0711 e. The Morgan fingerprint density at radius 2 is 0.741 bits per heavy atom. The first kappa shape index (κ1) is 16.0. The summed E-state index contributed by atoms with van der Waals surface area (Å²) in [5, 5.41) is 6.25. The van der Waals surface area contributed by atoms with Gasteiger partial charge in [0, 0.05) is 0 Å². The highest BCUT2D eigenvalue weighted by Gasteiger charge is 2.15. The summed E-state index contributed by atoms with van der Waals surface area (Å²) in [6.07, 6.45) is 0. The first-order chi connectivity index (χ1) is 13.3. The van der Waals surface area contributed by atoms with Crippen LogP contribution < -0.4 is 5.19 Å². The monoisotopic (exact) mass is 357 g/mol. The molecule has 27 heavy (non-hydrogen) atoms. The summed E-state index contributed by atoms with van der Waals surface area (Å²) in [6.45, 7) is 0. The van der Waals surface area contributed by atoms with Crippen LogP contribution in [0.5, 0.6) is 0 Å². The van der Waals surface area contributed by atoms with E-state index in [1.54, 1.807) is 0 Å². The van der Waals surface area contributed by atoms with E-state index in [1.807, 2.05) is 0 Å². The molecule has 0 saturated carbocycles. The van der Waals surface area contributed by atoms with Crippen LogP contribution in [0.4, 0.5) is 0 Å². The van der Waals surface area contributed by atoms with Crippen LogP contribution >= 0.6 is 0 Å². The smallest absolute Gasteiger partial charge is 0.0673 e. The zero-order valence-corrected chi connectivity index (χ0v) is 15.8. The van der Waals surface area contributed by atoms with Crippen molar-refractivity contribution in [1.82, 2.24) is 0 Å². The van der Waals surface area contributed by atoms with E-state index in [2.05, 4.69) is 113 Å². The maximum absolute atomic E-state index is 3.61. The lowest BCUT2D eigenvalue weighted by atomic mass is 9.86. The van der Waals surface area contributed by atoms with Crippen LogP contribution in [0.25, 0.3) is 43.8 Å². The quantitative estimate of drug-likeness (QED) is 0.264. The van der Waals surface area contributed by atoms with E-state index < -0.39 is 0 Å². The number of rotatable bonds is 2. The molecule has 5 rings (SSSR count). The van der Waals surface area contributed by atoms with E-state index in [9.17, 15) is 0 Å². The van der Waals surface area contributed by atoms with Gasteiger partial charge in [-0.2, -0.15) is 0 Å². The molecule has 5 aromatic carbocycles. The van der Waals surface area contributed by atoms with Crippen molar-refractivity contribution in [3.8, 4) is 22.3 Å². The standard InChI is InChI=1S/C26H17Si/c27-20-16-14-19(15-17-20)26-23-12-6-4-10-21(23)25(18-8-2-1-3-9-18)22-11-5-7-13-24(22)26/h1-17H. The Balaban J connectivity index is 1.99. The molecule has 0 unspecified atom stereocenters. The number of benzene rings is 5. The highest BCUT2D eigenvalue weighted by Crippen LogP contribution is 2.43. The maximum atomic E-state index is 3.61. The Labute approximate surface area is 162 Å². The van der Waals surface area contributed by atoms with Gasteiger partial charge in [0.15, 0.2) is 0 Å². The SMILES string of the molecule is [Si]c1ccc(-c2c3ccccc3c(-c3ccccc3)c3ccccc23)cc1. The summed E-state index contributed by atoms with van der Waals surface area (Å²) in [5.41, 5.74) is 5.10. The first-order valence-corrected chi connectivity index (χ1v) is 9.64. The van der Waals surface area contributed by atoms with Crippen LogP contribution in [0.15, 0.2) is 103 Å². The summed E-state index contributed by atoms with van der Waals surface area (Å²) >= 11 is 0. The zero-order chi connectivity index (χ0) is 18.2. The molecule has 0 aliphatic rings. The van der Waals surface area contributed by atoms with Crippen molar-refractivity contribution in [2.75, 3.05) is 0 Å². The summed E-state index contributed by atoms with van der Waals surface area (Å²) < 4.78 is 0. The largest absolute Gasteiger partial charge is 0.0711 e. The molecular weight excluding hydrogens is 340 g/mol. The summed E-state index contributed by atoms with van der Waals surface area (Å²) in [7, 11) is 3.61.